The van der Waals surface area contributed by atoms with Crippen LogP contribution in [0.5, 0.6) is 0 Å². The van der Waals surface area contributed by atoms with E-state index in [9.17, 15) is 14.4 Å². The minimum atomic E-state index is -0.666. The highest BCUT2D eigenvalue weighted by Crippen LogP contribution is 2.16. The molecule has 6 heteroatoms. The molecular formula is C19H24N2O4. The number of carbonyl (C=O) groups excluding carboxylic acids is 3. The van der Waals surface area contributed by atoms with Crippen LogP contribution in [0.2, 0.25) is 0 Å². The zero-order valence-electron chi connectivity index (χ0n) is 14.6. The lowest BCUT2D eigenvalue weighted by molar-refractivity contribution is -0.154. The molecule has 0 unspecified atom stereocenters. The second-order valence-electron chi connectivity index (χ2n) is 6.05. The topological polar surface area (TPSA) is 75.7 Å². The summed E-state index contributed by atoms with van der Waals surface area (Å²) in [6.45, 7) is 1.45. The Bertz CT molecular complexity index is 642. The Hall–Kier alpha value is -2.63. The van der Waals surface area contributed by atoms with E-state index in [1.807, 2.05) is 42.5 Å². The lowest BCUT2D eigenvalue weighted by Gasteiger charge is -2.26. The fourth-order valence-corrected chi connectivity index (χ4v) is 2.62. The summed E-state index contributed by atoms with van der Waals surface area (Å²) >= 11 is 0. The summed E-state index contributed by atoms with van der Waals surface area (Å²) in [7, 11) is 1.59. The molecule has 6 nitrogen and oxygen atoms in total. The standard InChI is InChI=1S/C19H24N2O4/c1-14(22)21(2)17-11-7-4-8-12-18(23)20-16(13-25-19(17)24)15-9-5-3-6-10-15/h3-7,9-10,16-17H,8,11-13H2,1-2H3,(H,20,23)/b7-4-/t16-,17+/m0/s1. The van der Waals surface area contributed by atoms with Gasteiger partial charge in [-0.3, -0.25) is 9.59 Å². The molecule has 2 amide bonds. The molecule has 25 heavy (non-hydrogen) atoms. The summed E-state index contributed by atoms with van der Waals surface area (Å²) in [5.74, 6) is -0.763. The number of cyclic esters (lactones) is 1. The second-order valence-corrected chi connectivity index (χ2v) is 6.05. The van der Waals surface area contributed by atoms with Gasteiger partial charge in [0.05, 0.1) is 6.04 Å². The van der Waals surface area contributed by atoms with E-state index in [0.29, 0.717) is 19.3 Å². The predicted octanol–water partition coefficient (Wildman–Crippen LogP) is 1.97. The number of ether oxygens (including phenoxy) is 1. The van der Waals surface area contributed by atoms with Crippen molar-refractivity contribution in [3.8, 4) is 0 Å². The number of likely N-dealkylation sites (N-methyl/N-ethyl adjacent to an activating group) is 1. The van der Waals surface area contributed by atoms with Crippen molar-refractivity contribution in [1.82, 2.24) is 10.2 Å². The molecule has 0 spiro atoms. The molecule has 0 aromatic heterocycles. The highest BCUT2D eigenvalue weighted by molar-refractivity contribution is 5.83. The molecule has 0 bridgehead atoms. The predicted molar refractivity (Wildman–Crippen MR) is 93.5 cm³/mol. The van der Waals surface area contributed by atoms with Gasteiger partial charge in [-0.1, -0.05) is 42.5 Å². The minimum Gasteiger partial charge on any atom is -0.462 e. The van der Waals surface area contributed by atoms with Gasteiger partial charge in [0.2, 0.25) is 11.8 Å². The average Bonchev–Trinajstić information content (AvgIpc) is 2.60. The van der Waals surface area contributed by atoms with Crippen LogP contribution < -0.4 is 5.32 Å². The van der Waals surface area contributed by atoms with E-state index >= 15 is 0 Å². The Morgan fingerprint density at radius 3 is 2.60 bits per heavy atom. The van der Waals surface area contributed by atoms with Crippen molar-refractivity contribution >= 4 is 17.8 Å². The lowest BCUT2D eigenvalue weighted by Crippen LogP contribution is -2.43. The summed E-state index contributed by atoms with van der Waals surface area (Å²) in [5.41, 5.74) is 0.868. The monoisotopic (exact) mass is 344 g/mol. The zero-order chi connectivity index (χ0) is 18.2. The molecule has 1 aromatic carbocycles. The average molecular weight is 344 g/mol. The molecule has 134 valence electrons. The summed E-state index contributed by atoms with van der Waals surface area (Å²) in [4.78, 5) is 37.6. The molecule has 0 aliphatic carbocycles. The summed E-state index contributed by atoms with van der Waals surface area (Å²) < 4.78 is 5.43. The van der Waals surface area contributed by atoms with Gasteiger partial charge in [-0.05, 0) is 18.4 Å². The van der Waals surface area contributed by atoms with E-state index in [1.165, 1.54) is 11.8 Å². The van der Waals surface area contributed by atoms with Crippen molar-refractivity contribution in [2.45, 2.75) is 38.3 Å². The van der Waals surface area contributed by atoms with Crippen molar-refractivity contribution < 1.29 is 19.1 Å². The molecule has 1 N–H and O–H groups in total. The molecule has 0 radical (unpaired) electrons. The SMILES string of the molecule is CC(=O)N(C)[C@@H]1C/C=C\CCC(=O)N[C@H](c2ccccc2)COC1=O. The normalized spacial score (nSPS) is 23.4. The van der Waals surface area contributed by atoms with Crippen LogP contribution in [0.25, 0.3) is 0 Å². The number of nitrogens with one attached hydrogen (secondary N) is 1. The smallest absolute Gasteiger partial charge is 0.329 e. The molecule has 1 heterocycles. The second kappa shape index (κ2) is 9.01. The van der Waals surface area contributed by atoms with E-state index in [4.69, 9.17) is 4.74 Å². The maximum atomic E-state index is 12.5. The lowest BCUT2D eigenvalue weighted by atomic mass is 10.1. The summed E-state index contributed by atoms with van der Waals surface area (Å²) in [6, 6.07) is 8.30. The van der Waals surface area contributed by atoms with Crippen molar-refractivity contribution in [1.29, 1.82) is 0 Å². The number of amides is 2. The van der Waals surface area contributed by atoms with Gasteiger partial charge in [0, 0.05) is 20.4 Å². The van der Waals surface area contributed by atoms with Crippen molar-refractivity contribution in [2.75, 3.05) is 13.7 Å². The Morgan fingerprint density at radius 2 is 1.92 bits per heavy atom. The van der Waals surface area contributed by atoms with Crippen LogP contribution in [-0.4, -0.2) is 42.4 Å². The first kappa shape index (κ1) is 18.7. The number of hydrogen-bond donors (Lipinski definition) is 1. The van der Waals surface area contributed by atoms with E-state index in [1.54, 1.807) is 7.05 Å². The first-order chi connectivity index (χ1) is 12.0. The Morgan fingerprint density at radius 1 is 1.20 bits per heavy atom. The van der Waals surface area contributed by atoms with Crippen LogP contribution in [-0.2, 0) is 19.1 Å². The summed E-state index contributed by atoms with van der Waals surface area (Å²) in [6.07, 6.45) is 4.98. The van der Waals surface area contributed by atoms with E-state index in [-0.39, 0.29) is 18.4 Å². The molecule has 0 saturated carbocycles. The molecule has 1 aromatic rings. The third-order valence-electron chi connectivity index (χ3n) is 4.23. The van der Waals surface area contributed by atoms with Crippen LogP contribution in [0, 0.1) is 0 Å². The Balaban J connectivity index is 2.20. The van der Waals surface area contributed by atoms with Crippen LogP contribution in [0.15, 0.2) is 42.5 Å². The van der Waals surface area contributed by atoms with Gasteiger partial charge in [0.15, 0.2) is 0 Å². The van der Waals surface area contributed by atoms with Crippen molar-refractivity contribution in [3.63, 3.8) is 0 Å². The molecule has 2 rings (SSSR count). The number of benzene rings is 1. The molecule has 1 aliphatic heterocycles. The van der Waals surface area contributed by atoms with Gasteiger partial charge in [-0.25, -0.2) is 4.79 Å². The van der Waals surface area contributed by atoms with Crippen LogP contribution >= 0.6 is 0 Å². The number of esters is 1. The maximum Gasteiger partial charge on any atom is 0.329 e. The molecular weight excluding hydrogens is 320 g/mol. The minimum absolute atomic E-state index is 0.0283. The van der Waals surface area contributed by atoms with E-state index in [2.05, 4.69) is 5.32 Å². The van der Waals surface area contributed by atoms with Crippen molar-refractivity contribution in [3.05, 3.63) is 48.0 Å². The largest absolute Gasteiger partial charge is 0.462 e. The van der Waals surface area contributed by atoms with E-state index in [0.717, 1.165) is 5.56 Å². The number of allylic oxidation sites excluding steroid dienone is 1. The first-order valence-corrected chi connectivity index (χ1v) is 8.38. The fraction of sp³-hybridized carbons (Fsp3) is 0.421. The molecule has 2 atom stereocenters. The number of carbonyl (C=O) groups is 3. The van der Waals surface area contributed by atoms with Crippen molar-refractivity contribution in [2.24, 2.45) is 0 Å². The molecule has 0 saturated heterocycles. The van der Waals surface area contributed by atoms with Crippen LogP contribution in [0.3, 0.4) is 0 Å². The van der Waals surface area contributed by atoms with Gasteiger partial charge >= 0.3 is 5.97 Å². The zero-order valence-corrected chi connectivity index (χ0v) is 14.6. The first-order valence-electron chi connectivity index (χ1n) is 8.38. The quantitative estimate of drug-likeness (QED) is 0.657. The van der Waals surface area contributed by atoms with Gasteiger partial charge in [0.25, 0.3) is 0 Å². The van der Waals surface area contributed by atoms with Gasteiger partial charge < -0.3 is 15.0 Å². The maximum absolute atomic E-state index is 12.5. The highest BCUT2D eigenvalue weighted by Gasteiger charge is 2.27. The number of nitrogens with zero attached hydrogens (tertiary/aromatic N) is 1. The van der Waals surface area contributed by atoms with Gasteiger partial charge in [-0.2, -0.15) is 0 Å². The van der Waals surface area contributed by atoms with Crippen LogP contribution in [0.1, 0.15) is 37.8 Å². The Labute approximate surface area is 147 Å². The van der Waals surface area contributed by atoms with E-state index < -0.39 is 18.1 Å². The summed E-state index contributed by atoms with van der Waals surface area (Å²) in [5, 5.41) is 2.91. The highest BCUT2D eigenvalue weighted by atomic mass is 16.5. The van der Waals surface area contributed by atoms with Gasteiger partial charge in [0.1, 0.15) is 12.6 Å². The van der Waals surface area contributed by atoms with Crippen LogP contribution in [0.4, 0.5) is 0 Å². The number of hydrogen-bond acceptors (Lipinski definition) is 4. The third-order valence-corrected chi connectivity index (χ3v) is 4.23. The molecule has 0 fully saturated rings. The Kier molecular flexibility index (Phi) is 6.74. The molecule has 1 aliphatic rings. The fourth-order valence-electron chi connectivity index (χ4n) is 2.62. The number of rotatable bonds is 2. The van der Waals surface area contributed by atoms with Gasteiger partial charge in [-0.15, -0.1) is 0 Å². The third kappa shape index (κ3) is 5.45.